The van der Waals surface area contributed by atoms with Gasteiger partial charge in [-0.3, -0.25) is 9.59 Å². The van der Waals surface area contributed by atoms with Crippen LogP contribution in [0, 0.1) is 5.41 Å². The van der Waals surface area contributed by atoms with Crippen LogP contribution >= 0.6 is 0 Å². The highest BCUT2D eigenvalue weighted by atomic mass is 16.5. The highest BCUT2D eigenvalue weighted by Gasteiger charge is 2.42. The fourth-order valence-corrected chi connectivity index (χ4v) is 2.74. The first-order chi connectivity index (χ1) is 13.0. The van der Waals surface area contributed by atoms with Crippen molar-refractivity contribution in [3.63, 3.8) is 0 Å². The average molecular weight is 373 g/mol. The van der Waals surface area contributed by atoms with Crippen LogP contribution in [0.4, 0.5) is 0 Å². The first-order valence-electron chi connectivity index (χ1n) is 8.68. The van der Waals surface area contributed by atoms with E-state index in [-0.39, 0.29) is 24.5 Å². The Labute approximate surface area is 156 Å². The van der Waals surface area contributed by atoms with Gasteiger partial charge in [-0.1, -0.05) is 0 Å². The Morgan fingerprint density at radius 2 is 1.96 bits per heavy atom. The molecule has 1 saturated carbocycles. The minimum Gasteiger partial charge on any atom is -0.497 e. The molecule has 0 atom stereocenters. The van der Waals surface area contributed by atoms with Gasteiger partial charge < -0.3 is 19.9 Å². The van der Waals surface area contributed by atoms with Crippen LogP contribution in [-0.2, 0) is 11.3 Å². The third-order valence-electron chi connectivity index (χ3n) is 4.79. The molecule has 1 aromatic heterocycles. The average Bonchev–Trinajstić information content (AvgIpc) is 3.48. The summed E-state index contributed by atoms with van der Waals surface area (Å²) in [6, 6.07) is 8.48. The lowest BCUT2D eigenvalue weighted by Gasteiger charge is -2.14. The second kappa shape index (κ2) is 7.79. The lowest BCUT2D eigenvalue weighted by atomic mass is 10.1. The number of nitrogens with one attached hydrogen (secondary N) is 1. The van der Waals surface area contributed by atoms with Crippen LogP contribution in [0.3, 0.4) is 0 Å². The van der Waals surface area contributed by atoms with Gasteiger partial charge >= 0.3 is 0 Å². The van der Waals surface area contributed by atoms with E-state index in [0.29, 0.717) is 23.7 Å². The molecule has 1 heterocycles. The molecule has 1 amide bonds. The summed E-state index contributed by atoms with van der Waals surface area (Å²) in [6.45, 7) is 0.252. The molecule has 0 radical (unpaired) electrons. The predicted octanol–water partition coefficient (Wildman–Crippen LogP) is 0.816. The van der Waals surface area contributed by atoms with E-state index >= 15 is 0 Å². The van der Waals surface area contributed by atoms with E-state index in [4.69, 9.17) is 9.47 Å². The fourth-order valence-electron chi connectivity index (χ4n) is 2.74. The maximum atomic E-state index is 12.3. The van der Waals surface area contributed by atoms with Crippen molar-refractivity contribution in [1.29, 1.82) is 0 Å². The zero-order valence-corrected chi connectivity index (χ0v) is 15.4. The van der Waals surface area contributed by atoms with Crippen molar-refractivity contribution in [3.8, 4) is 22.8 Å². The van der Waals surface area contributed by atoms with Gasteiger partial charge in [-0.15, -0.1) is 0 Å². The van der Waals surface area contributed by atoms with Crippen LogP contribution in [0.2, 0.25) is 0 Å². The van der Waals surface area contributed by atoms with Gasteiger partial charge in [0.05, 0.1) is 20.8 Å². The molecule has 0 saturated heterocycles. The number of ether oxygens (including phenoxy) is 2. The molecule has 27 heavy (non-hydrogen) atoms. The van der Waals surface area contributed by atoms with Crippen molar-refractivity contribution in [3.05, 3.63) is 40.7 Å². The highest BCUT2D eigenvalue weighted by molar-refractivity contribution is 5.76. The molecule has 1 aliphatic rings. The van der Waals surface area contributed by atoms with E-state index in [1.54, 1.807) is 31.4 Å². The van der Waals surface area contributed by atoms with Gasteiger partial charge in [0.2, 0.25) is 5.91 Å². The molecule has 1 aliphatic carbocycles. The second-order valence-corrected chi connectivity index (χ2v) is 6.72. The summed E-state index contributed by atoms with van der Waals surface area (Å²) in [4.78, 5) is 24.5. The van der Waals surface area contributed by atoms with Gasteiger partial charge in [-0.05, 0) is 37.1 Å². The number of aromatic nitrogens is 2. The normalized spacial score (nSPS) is 14.5. The number of methoxy groups -OCH3 is 2. The molecule has 2 aromatic rings. The Morgan fingerprint density at radius 1 is 1.26 bits per heavy atom. The monoisotopic (exact) mass is 373 g/mol. The van der Waals surface area contributed by atoms with Crippen LogP contribution in [0.25, 0.3) is 11.3 Å². The Hall–Kier alpha value is -2.87. The van der Waals surface area contributed by atoms with E-state index in [1.165, 1.54) is 13.2 Å². The molecule has 0 aliphatic heterocycles. The summed E-state index contributed by atoms with van der Waals surface area (Å²) in [5, 5.41) is 16.4. The van der Waals surface area contributed by atoms with E-state index in [2.05, 4.69) is 10.4 Å². The fraction of sp³-hybridized carbons (Fsp3) is 0.421. The number of hydrogen-bond acceptors (Lipinski definition) is 6. The molecule has 3 rings (SSSR count). The maximum Gasteiger partial charge on any atom is 0.270 e. The van der Waals surface area contributed by atoms with E-state index in [1.807, 2.05) is 0 Å². The SMILES string of the molecule is COc1ccc(-c2nn(CC(=O)NCC3(CO)CC3)c(=O)cc2OC)cc1. The number of carbonyl (C=O) groups is 1. The molecule has 0 unspecified atom stereocenters. The van der Waals surface area contributed by atoms with Crippen molar-refractivity contribution >= 4 is 5.91 Å². The minimum absolute atomic E-state index is 0.0512. The van der Waals surface area contributed by atoms with Gasteiger partial charge in [0.15, 0.2) is 5.75 Å². The third kappa shape index (κ3) is 4.28. The second-order valence-electron chi connectivity index (χ2n) is 6.72. The summed E-state index contributed by atoms with van der Waals surface area (Å²) in [5.41, 5.74) is 0.575. The number of nitrogens with zero attached hydrogens (tertiary/aromatic N) is 2. The maximum absolute atomic E-state index is 12.3. The van der Waals surface area contributed by atoms with Gasteiger partial charge in [0.1, 0.15) is 18.0 Å². The van der Waals surface area contributed by atoms with Crippen molar-refractivity contribution < 1.29 is 19.4 Å². The van der Waals surface area contributed by atoms with Gasteiger partial charge in [0, 0.05) is 23.6 Å². The summed E-state index contributed by atoms with van der Waals surface area (Å²) >= 11 is 0. The Bertz CT molecular complexity index is 872. The predicted molar refractivity (Wildman–Crippen MR) is 98.8 cm³/mol. The minimum atomic E-state index is -0.428. The van der Waals surface area contributed by atoms with Crippen molar-refractivity contribution in [2.24, 2.45) is 5.41 Å². The smallest absolute Gasteiger partial charge is 0.270 e. The molecule has 8 heteroatoms. The summed E-state index contributed by atoms with van der Waals surface area (Å²) in [5.74, 6) is 0.706. The first kappa shape index (κ1) is 18.9. The molecular weight excluding hydrogens is 350 g/mol. The Balaban J connectivity index is 1.80. The zero-order chi connectivity index (χ0) is 19.4. The molecule has 1 aromatic carbocycles. The Morgan fingerprint density at radius 3 is 2.52 bits per heavy atom. The Kier molecular flexibility index (Phi) is 5.46. The summed E-state index contributed by atoms with van der Waals surface area (Å²) in [7, 11) is 3.04. The first-order valence-corrected chi connectivity index (χ1v) is 8.68. The molecule has 0 spiro atoms. The largest absolute Gasteiger partial charge is 0.497 e. The van der Waals surface area contributed by atoms with Crippen molar-refractivity contribution in [2.45, 2.75) is 19.4 Å². The third-order valence-corrected chi connectivity index (χ3v) is 4.79. The van der Waals surface area contributed by atoms with Crippen LogP contribution in [0.5, 0.6) is 11.5 Å². The summed E-state index contributed by atoms with van der Waals surface area (Å²) in [6.07, 6.45) is 1.79. The quantitative estimate of drug-likeness (QED) is 0.710. The molecule has 8 nitrogen and oxygen atoms in total. The van der Waals surface area contributed by atoms with Gasteiger partial charge in [-0.2, -0.15) is 5.10 Å². The molecule has 2 N–H and O–H groups in total. The number of hydrogen-bond donors (Lipinski definition) is 2. The van der Waals surface area contributed by atoms with Crippen molar-refractivity contribution in [1.82, 2.24) is 15.1 Å². The number of amides is 1. The van der Waals surface area contributed by atoms with Crippen molar-refractivity contribution in [2.75, 3.05) is 27.4 Å². The van der Waals surface area contributed by atoms with E-state index < -0.39 is 5.56 Å². The number of aliphatic hydroxyl groups is 1. The number of carbonyl (C=O) groups excluding carboxylic acids is 1. The molecule has 144 valence electrons. The topological polar surface area (TPSA) is 103 Å². The molecule has 0 bridgehead atoms. The summed E-state index contributed by atoms with van der Waals surface area (Å²) < 4.78 is 11.5. The highest BCUT2D eigenvalue weighted by Crippen LogP contribution is 2.44. The number of aliphatic hydroxyl groups excluding tert-OH is 1. The standard InChI is InChI=1S/C19H23N3O5/c1-26-14-5-3-13(4-6-14)18-15(27-2)9-17(25)22(21-18)10-16(24)20-11-19(12-23)7-8-19/h3-6,9,23H,7-8,10-12H2,1-2H3,(H,20,24). The lowest BCUT2D eigenvalue weighted by molar-refractivity contribution is -0.122. The number of benzene rings is 1. The van der Waals surface area contributed by atoms with Crippen LogP contribution in [0.1, 0.15) is 12.8 Å². The van der Waals surface area contributed by atoms with Crippen LogP contribution in [0.15, 0.2) is 35.1 Å². The van der Waals surface area contributed by atoms with Crippen LogP contribution in [-0.4, -0.2) is 48.2 Å². The van der Waals surface area contributed by atoms with Gasteiger partial charge in [0.25, 0.3) is 5.56 Å². The van der Waals surface area contributed by atoms with E-state index in [0.717, 1.165) is 23.1 Å². The zero-order valence-electron chi connectivity index (χ0n) is 15.4. The molecular formula is C19H23N3O5. The van der Waals surface area contributed by atoms with E-state index in [9.17, 15) is 14.7 Å². The number of rotatable bonds is 8. The van der Waals surface area contributed by atoms with Gasteiger partial charge in [-0.25, -0.2) is 4.68 Å². The lowest BCUT2D eigenvalue weighted by Crippen LogP contribution is -2.37. The molecule has 1 fully saturated rings. The van der Waals surface area contributed by atoms with Crippen LogP contribution < -0.4 is 20.3 Å².